The van der Waals surface area contributed by atoms with Crippen LogP contribution in [0.5, 0.6) is 0 Å². The van der Waals surface area contributed by atoms with Gasteiger partial charge in [-0.3, -0.25) is 0 Å². The molecule has 0 aliphatic rings. The molecule has 0 radical (unpaired) electrons. The van der Waals surface area contributed by atoms with E-state index in [1.165, 1.54) is 0 Å². The number of aryl methyl sites for hydroxylation is 16. The maximum absolute atomic E-state index is 6.31. The minimum absolute atomic E-state index is 0.772. The van der Waals surface area contributed by atoms with E-state index in [1.807, 2.05) is 105 Å². The highest BCUT2D eigenvalue weighted by Crippen LogP contribution is 2.58. The van der Waals surface area contributed by atoms with Crippen molar-refractivity contribution in [3.8, 4) is 0 Å². The third-order valence-corrected chi connectivity index (χ3v) is 15.5. The molecule has 0 aliphatic heterocycles. The number of hydrogen-bond donors (Lipinski definition) is 0. The zero-order chi connectivity index (χ0) is 53.5. The first-order valence-corrected chi connectivity index (χ1v) is 25.7. The fourth-order valence-electron chi connectivity index (χ4n) is 12.3. The van der Waals surface area contributed by atoms with Crippen LogP contribution in [0.25, 0.3) is 32.3 Å². The van der Waals surface area contributed by atoms with Crippen molar-refractivity contribution in [1.29, 1.82) is 0 Å². The molecule has 12 rings (SSSR count). The molecule has 12 aromatic rings. The third kappa shape index (κ3) is 6.95. The first kappa shape index (κ1) is 48.3. The van der Waals surface area contributed by atoms with Gasteiger partial charge in [0, 0.05) is 76.8 Å². The summed E-state index contributed by atoms with van der Waals surface area (Å²) >= 11 is 0. The number of hydrogen-bond acceptors (Lipinski definition) is 12. The van der Waals surface area contributed by atoms with E-state index in [9.17, 15) is 0 Å². The molecule has 0 spiro atoms. The van der Waals surface area contributed by atoms with Crippen molar-refractivity contribution in [2.45, 2.75) is 111 Å². The Hall–Kier alpha value is -8.64. The van der Waals surface area contributed by atoms with E-state index in [-0.39, 0.29) is 0 Å². The molecule has 0 bridgehead atoms. The molecule has 0 saturated heterocycles. The van der Waals surface area contributed by atoms with Crippen LogP contribution in [0.4, 0.5) is 68.2 Å². The molecule has 0 fully saturated rings. The maximum atomic E-state index is 6.31. The van der Waals surface area contributed by atoms with Gasteiger partial charge in [0.15, 0.2) is 0 Å². The molecule has 0 unspecified atom stereocenters. The lowest BCUT2D eigenvalue weighted by molar-refractivity contribution is 0.530. The zero-order valence-electron chi connectivity index (χ0n) is 46.1. The average molecular weight is 1020 g/mol. The van der Waals surface area contributed by atoms with Crippen molar-refractivity contribution >= 4 is 101 Å². The van der Waals surface area contributed by atoms with Crippen LogP contribution in [0.3, 0.4) is 0 Å². The minimum Gasteiger partial charge on any atom is -0.467 e. The maximum Gasteiger partial charge on any atom is 0.124 e. The summed E-state index contributed by atoms with van der Waals surface area (Å²) in [5.74, 6) is 6.18. The average Bonchev–Trinajstić information content (AvgIpc) is 4.37. The highest BCUT2D eigenvalue weighted by Gasteiger charge is 2.36. The summed E-state index contributed by atoms with van der Waals surface area (Å²) in [5, 5.41) is 6.12. The molecular formula is C64H62N4O8. The Balaban J connectivity index is 1.35. The summed E-state index contributed by atoms with van der Waals surface area (Å²) in [6.07, 6.45) is 14.7. The molecule has 4 aromatic carbocycles. The van der Waals surface area contributed by atoms with Gasteiger partial charge < -0.3 is 54.9 Å². The Morgan fingerprint density at radius 2 is 0.368 bits per heavy atom. The topological polar surface area (TPSA) is 118 Å². The molecule has 8 heterocycles. The van der Waals surface area contributed by atoms with Gasteiger partial charge in [-0.15, -0.1) is 0 Å². The minimum atomic E-state index is 0.772. The largest absolute Gasteiger partial charge is 0.467 e. The molecule has 0 saturated carbocycles. The smallest absolute Gasteiger partial charge is 0.124 e. The molecule has 12 heteroatoms. The van der Waals surface area contributed by atoms with Crippen LogP contribution in [0.1, 0.15) is 90.6 Å². The van der Waals surface area contributed by atoms with Gasteiger partial charge in [-0.1, -0.05) is 24.3 Å². The van der Waals surface area contributed by atoms with Crippen LogP contribution in [0.2, 0.25) is 0 Å². The van der Waals surface area contributed by atoms with Crippen molar-refractivity contribution in [1.82, 2.24) is 0 Å². The Kier molecular flexibility index (Phi) is 11.1. The van der Waals surface area contributed by atoms with E-state index in [4.69, 9.17) is 35.3 Å². The monoisotopic (exact) mass is 1010 g/mol. The van der Waals surface area contributed by atoms with Crippen LogP contribution in [-0.2, 0) is 0 Å². The normalized spacial score (nSPS) is 11.9. The fourth-order valence-corrected chi connectivity index (χ4v) is 12.3. The van der Waals surface area contributed by atoms with Gasteiger partial charge in [0.25, 0.3) is 0 Å². The van der Waals surface area contributed by atoms with Crippen LogP contribution in [0, 0.1) is 111 Å². The Labute approximate surface area is 441 Å². The van der Waals surface area contributed by atoms with E-state index in [0.717, 1.165) is 191 Å². The van der Waals surface area contributed by atoms with Gasteiger partial charge in [0.1, 0.15) is 46.1 Å². The molecule has 0 atom stereocenters. The quantitative estimate of drug-likeness (QED) is 0.108. The summed E-state index contributed by atoms with van der Waals surface area (Å²) in [5.41, 5.74) is 19.0. The number of furan rings is 8. The molecule has 12 nitrogen and oxygen atoms in total. The van der Waals surface area contributed by atoms with E-state index in [0.29, 0.717) is 0 Å². The first-order valence-electron chi connectivity index (χ1n) is 25.7. The molecule has 8 aromatic heterocycles. The van der Waals surface area contributed by atoms with Crippen molar-refractivity contribution in [2.24, 2.45) is 0 Å². The van der Waals surface area contributed by atoms with Crippen molar-refractivity contribution in [2.75, 3.05) is 19.6 Å². The van der Waals surface area contributed by atoms with Gasteiger partial charge >= 0.3 is 0 Å². The number of nitrogens with zero attached hydrogens (tertiary/aromatic N) is 4. The fraction of sp³-hybridized carbons (Fsp3) is 0.250. The highest BCUT2D eigenvalue weighted by molar-refractivity contribution is 6.33. The first-order chi connectivity index (χ1) is 36.4. The van der Waals surface area contributed by atoms with Crippen molar-refractivity contribution in [3.05, 3.63) is 177 Å². The molecule has 0 amide bonds. The SMILES string of the molecule is Cc1coc(C)c1N(c1c(C)coc1C)c1cc(N(c2c(C)coc2C)c2c(C)coc2C)c2ccc3c(N(c4c(C)coc4C)c4c(C)coc4C)cc(N(c4c(C)coc4C)c4c(C)coc4C)c4ccc1c2c43. The van der Waals surface area contributed by atoms with Gasteiger partial charge in [-0.05, 0) is 123 Å². The van der Waals surface area contributed by atoms with Gasteiger partial charge in [-0.2, -0.15) is 0 Å². The number of rotatable bonds is 12. The second-order valence-electron chi connectivity index (χ2n) is 20.8. The number of benzene rings is 4. The van der Waals surface area contributed by atoms with Crippen molar-refractivity contribution < 1.29 is 35.3 Å². The van der Waals surface area contributed by atoms with Crippen molar-refractivity contribution in [3.63, 3.8) is 0 Å². The summed E-state index contributed by atoms with van der Waals surface area (Å²) in [7, 11) is 0. The standard InChI is InChI=1S/C64H62N4O8/c1-31-23-69-39(9)57(31)65(58-32(2)24-70-40(58)10)51-21-52(66(59-33(3)25-71-41(59)11)60-34(4)26-72-42(60)12)48-19-20-50-54(68(63-37(7)29-75-45(63)15)64-38(8)30-76-46(64)16)22-53(49-18-17-47(51)55(48)56(49)50)67(61-35(5)27-73-43(61)13)62-36(6)28-74-44(62)14/h17-30H,1-16H3. The summed E-state index contributed by atoms with van der Waals surface area (Å²) < 4.78 is 50.5. The van der Waals surface area contributed by atoms with Gasteiger partial charge in [0.05, 0.1) is 118 Å². The predicted octanol–water partition coefficient (Wildman–Crippen LogP) is 20.1. The Morgan fingerprint density at radius 3 is 0.487 bits per heavy atom. The molecule has 386 valence electrons. The lowest BCUT2D eigenvalue weighted by Crippen LogP contribution is -2.18. The molecule has 0 N–H and O–H groups in total. The second kappa shape index (κ2) is 17.5. The summed E-state index contributed by atoms with van der Waals surface area (Å²) in [6, 6.07) is 13.8. The Bertz CT molecular complexity index is 3370. The number of anilines is 12. The lowest BCUT2D eigenvalue weighted by Gasteiger charge is -2.34. The molecule has 0 aliphatic carbocycles. The zero-order valence-corrected chi connectivity index (χ0v) is 46.1. The van der Waals surface area contributed by atoms with Crippen LogP contribution < -0.4 is 19.6 Å². The summed E-state index contributed by atoms with van der Waals surface area (Å²) in [6.45, 7) is 33.0. The highest BCUT2D eigenvalue weighted by atomic mass is 16.4. The molecular weight excluding hydrogens is 953 g/mol. The van der Waals surface area contributed by atoms with Crippen LogP contribution in [-0.4, -0.2) is 0 Å². The van der Waals surface area contributed by atoms with Crippen LogP contribution in [0.15, 0.2) is 122 Å². The lowest BCUT2D eigenvalue weighted by atomic mass is 9.88. The van der Waals surface area contributed by atoms with Crippen LogP contribution >= 0.6 is 0 Å². The predicted molar refractivity (Wildman–Crippen MR) is 303 cm³/mol. The summed E-state index contributed by atoms with van der Waals surface area (Å²) in [4.78, 5) is 9.36. The van der Waals surface area contributed by atoms with E-state index in [1.54, 1.807) is 0 Å². The third-order valence-electron chi connectivity index (χ3n) is 15.5. The van der Waals surface area contributed by atoms with E-state index in [2.05, 4.69) is 111 Å². The second-order valence-corrected chi connectivity index (χ2v) is 20.8. The Morgan fingerprint density at radius 1 is 0.224 bits per heavy atom. The van der Waals surface area contributed by atoms with E-state index < -0.39 is 0 Å². The van der Waals surface area contributed by atoms with Gasteiger partial charge in [0.2, 0.25) is 0 Å². The van der Waals surface area contributed by atoms with E-state index >= 15 is 0 Å². The van der Waals surface area contributed by atoms with Gasteiger partial charge in [-0.25, -0.2) is 0 Å². The molecule has 76 heavy (non-hydrogen) atoms.